The van der Waals surface area contributed by atoms with Gasteiger partial charge in [0.1, 0.15) is 8.24 Å². The van der Waals surface area contributed by atoms with Crippen LogP contribution >= 0.6 is 11.3 Å². The fraction of sp³-hybridized carbons (Fsp3) is 0.417. The van der Waals surface area contributed by atoms with Crippen molar-refractivity contribution in [2.75, 3.05) is 0 Å². The maximum absolute atomic E-state index is 4.29. The zero-order valence-electron chi connectivity index (χ0n) is 16.6. The summed E-state index contributed by atoms with van der Waals surface area (Å²) < 4.78 is 1.46. The fourth-order valence-electron chi connectivity index (χ4n) is 5.63. The second-order valence-corrected chi connectivity index (χ2v) is 14.7. The van der Waals surface area contributed by atoms with E-state index >= 15 is 0 Å². The predicted octanol–water partition coefficient (Wildman–Crippen LogP) is 7.07. The van der Waals surface area contributed by atoms with E-state index < -0.39 is 8.24 Å². The Morgan fingerprint density at radius 3 is 2.41 bits per heavy atom. The summed E-state index contributed by atoms with van der Waals surface area (Å²) in [6.07, 6.45) is 4.20. The molecule has 0 amide bonds. The Balaban J connectivity index is 1.76. The van der Waals surface area contributed by atoms with Gasteiger partial charge < -0.3 is 4.98 Å². The lowest BCUT2D eigenvalue weighted by Crippen LogP contribution is -2.62. The van der Waals surface area contributed by atoms with Gasteiger partial charge in [-0.05, 0) is 50.1 Å². The van der Waals surface area contributed by atoms with Crippen LogP contribution < -0.4 is 4.98 Å². The molecule has 0 saturated carbocycles. The lowest BCUT2D eigenvalue weighted by Gasteiger charge is -2.45. The monoisotopic (exact) mass is 391 g/mol. The molecule has 1 fully saturated rings. The second kappa shape index (κ2) is 6.30. The van der Waals surface area contributed by atoms with Crippen LogP contribution in [0.2, 0.25) is 12.1 Å². The van der Waals surface area contributed by atoms with Gasteiger partial charge in [-0.3, -0.25) is 0 Å². The molecule has 3 heteroatoms. The number of hydrogen-bond donors (Lipinski definition) is 1. The maximum Gasteiger partial charge on any atom is 0.138 e. The average Bonchev–Trinajstić information content (AvgIpc) is 3.15. The van der Waals surface area contributed by atoms with E-state index in [0.717, 1.165) is 0 Å². The third-order valence-electron chi connectivity index (χ3n) is 6.35. The lowest BCUT2D eigenvalue weighted by molar-refractivity contribution is 0.493. The third kappa shape index (κ3) is 2.83. The van der Waals surface area contributed by atoms with Crippen molar-refractivity contribution >= 4 is 29.7 Å². The number of nitrogens with one attached hydrogen (secondary N) is 1. The van der Waals surface area contributed by atoms with Gasteiger partial charge >= 0.3 is 0 Å². The van der Waals surface area contributed by atoms with Gasteiger partial charge in [0.25, 0.3) is 0 Å². The van der Waals surface area contributed by atoms with Crippen LogP contribution in [0.1, 0.15) is 56.0 Å². The summed E-state index contributed by atoms with van der Waals surface area (Å²) in [5, 5.41) is 1.46. The number of thiophene rings is 1. The summed E-state index contributed by atoms with van der Waals surface area (Å²) in [6.45, 7) is 7.09. The molecule has 1 saturated heterocycles. The Hall–Kier alpha value is -1.42. The van der Waals surface area contributed by atoms with Crippen LogP contribution in [0, 0.1) is 0 Å². The van der Waals surface area contributed by atoms with Crippen molar-refractivity contribution in [3.8, 4) is 11.1 Å². The molecule has 1 atom stereocenters. The third-order valence-corrected chi connectivity index (χ3v) is 13.2. The van der Waals surface area contributed by atoms with E-state index in [1.165, 1.54) is 47.0 Å². The first-order valence-electron chi connectivity index (χ1n) is 10.4. The van der Waals surface area contributed by atoms with Crippen LogP contribution in [0.3, 0.4) is 0 Å². The standard InChI is InChI=1S/C24H29NSSi/c1-24(2,3)25-27(15-9-4-10-16-27)23-18-12-6-5-11-17(18)21-19-13-7-8-14-20(19)26-22(21)23/h5-8,11-14,23,25H,4,9-10,15-16H2,1-3H3. The van der Waals surface area contributed by atoms with Gasteiger partial charge in [0.2, 0.25) is 0 Å². The molecule has 1 aliphatic heterocycles. The number of rotatable bonds is 2. The van der Waals surface area contributed by atoms with E-state index in [1.807, 2.05) is 0 Å². The van der Waals surface area contributed by atoms with Crippen LogP contribution in [0.5, 0.6) is 0 Å². The first-order chi connectivity index (χ1) is 13.0. The fourth-order valence-corrected chi connectivity index (χ4v) is 13.7. The summed E-state index contributed by atoms with van der Waals surface area (Å²) in [4.78, 5) is 5.94. The van der Waals surface area contributed by atoms with Crippen molar-refractivity contribution in [3.05, 3.63) is 59.0 Å². The predicted molar refractivity (Wildman–Crippen MR) is 121 cm³/mol. The highest BCUT2D eigenvalue weighted by Gasteiger charge is 2.50. The smallest absolute Gasteiger partial charge is 0.138 e. The van der Waals surface area contributed by atoms with Gasteiger partial charge in [0, 0.05) is 31.6 Å². The van der Waals surface area contributed by atoms with Crippen molar-refractivity contribution in [2.24, 2.45) is 0 Å². The summed E-state index contributed by atoms with van der Waals surface area (Å²) in [5.41, 5.74) is 5.45. The molecular weight excluding hydrogens is 362 g/mol. The molecule has 140 valence electrons. The summed E-state index contributed by atoms with van der Waals surface area (Å²) in [5.74, 6) is 0. The zero-order chi connectivity index (χ0) is 18.6. The van der Waals surface area contributed by atoms with Crippen molar-refractivity contribution in [3.63, 3.8) is 0 Å². The highest BCUT2D eigenvalue weighted by Crippen LogP contribution is 2.57. The molecule has 1 unspecified atom stereocenters. The molecule has 3 aromatic rings. The highest BCUT2D eigenvalue weighted by atomic mass is 32.1. The summed E-state index contributed by atoms with van der Waals surface area (Å²) >= 11 is 2.06. The molecule has 0 spiro atoms. The molecule has 1 nitrogen and oxygen atoms in total. The van der Waals surface area contributed by atoms with Gasteiger partial charge in [0.05, 0.1) is 0 Å². The van der Waals surface area contributed by atoms with Gasteiger partial charge in [-0.15, -0.1) is 11.3 Å². The number of benzene rings is 2. The Morgan fingerprint density at radius 1 is 0.926 bits per heavy atom. The molecule has 1 N–H and O–H groups in total. The number of fused-ring (bicyclic) bond motifs is 5. The van der Waals surface area contributed by atoms with Crippen molar-refractivity contribution in [1.29, 1.82) is 0 Å². The molecule has 2 aromatic carbocycles. The van der Waals surface area contributed by atoms with Crippen LogP contribution in [0.15, 0.2) is 48.5 Å². The van der Waals surface area contributed by atoms with Crippen LogP contribution in [-0.4, -0.2) is 13.8 Å². The minimum atomic E-state index is -1.69. The van der Waals surface area contributed by atoms with Gasteiger partial charge in [0.15, 0.2) is 0 Å². The van der Waals surface area contributed by atoms with E-state index in [1.54, 1.807) is 16.0 Å². The highest BCUT2D eigenvalue weighted by molar-refractivity contribution is 7.20. The molecule has 27 heavy (non-hydrogen) atoms. The molecule has 2 heterocycles. The minimum Gasteiger partial charge on any atom is -0.332 e. The molecule has 0 bridgehead atoms. The van der Waals surface area contributed by atoms with Crippen LogP contribution in [0.25, 0.3) is 21.2 Å². The SMILES string of the molecule is CC(C)(C)N[Si]1(C2c3ccccc3-c3c2sc2ccccc32)CCCCC1. The molecule has 0 radical (unpaired) electrons. The normalized spacial score (nSPS) is 21.2. The van der Waals surface area contributed by atoms with Crippen molar-refractivity contribution in [1.82, 2.24) is 4.98 Å². The topological polar surface area (TPSA) is 12.0 Å². The van der Waals surface area contributed by atoms with Gasteiger partial charge in [-0.1, -0.05) is 61.7 Å². The van der Waals surface area contributed by atoms with Gasteiger partial charge in [-0.2, -0.15) is 0 Å². The van der Waals surface area contributed by atoms with Crippen LogP contribution in [0.4, 0.5) is 0 Å². The van der Waals surface area contributed by atoms with Crippen LogP contribution in [-0.2, 0) is 0 Å². The lowest BCUT2D eigenvalue weighted by atomic mass is 10.0. The molecule has 1 aromatic heterocycles. The molecule has 5 rings (SSSR count). The van der Waals surface area contributed by atoms with E-state index in [0.29, 0.717) is 5.54 Å². The minimum absolute atomic E-state index is 0.179. The van der Waals surface area contributed by atoms with E-state index in [4.69, 9.17) is 0 Å². The average molecular weight is 392 g/mol. The molecular formula is C24H29NSSi. The summed E-state index contributed by atoms with van der Waals surface area (Å²) in [7, 11) is -1.69. The summed E-state index contributed by atoms with van der Waals surface area (Å²) in [6, 6.07) is 21.1. The quantitative estimate of drug-likeness (QED) is 0.461. The van der Waals surface area contributed by atoms with Gasteiger partial charge in [-0.25, -0.2) is 0 Å². The molecule has 2 aliphatic rings. The Bertz CT molecular complexity index is 991. The van der Waals surface area contributed by atoms with E-state index in [2.05, 4.69) is 85.6 Å². The second-order valence-electron chi connectivity index (χ2n) is 9.45. The Labute approximate surface area is 167 Å². The Kier molecular flexibility index (Phi) is 4.12. The zero-order valence-corrected chi connectivity index (χ0v) is 18.5. The van der Waals surface area contributed by atoms with Crippen molar-refractivity contribution in [2.45, 2.75) is 63.2 Å². The number of hydrogen-bond acceptors (Lipinski definition) is 2. The Morgan fingerprint density at radius 2 is 1.63 bits per heavy atom. The first-order valence-corrected chi connectivity index (χ1v) is 13.7. The van der Waals surface area contributed by atoms with E-state index in [9.17, 15) is 0 Å². The van der Waals surface area contributed by atoms with Crippen molar-refractivity contribution < 1.29 is 0 Å². The molecule has 1 aliphatic carbocycles. The maximum atomic E-state index is 4.29. The largest absolute Gasteiger partial charge is 0.332 e. The van der Waals surface area contributed by atoms with E-state index in [-0.39, 0.29) is 5.54 Å². The first kappa shape index (κ1) is 17.7.